The molecule has 4 nitrogen and oxygen atoms in total. The lowest BCUT2D eigenvalue weighted by Crippen LogP contribution is -1.90. The van der Waals surface area contributed by atoms with Crippen LogP contribution in [0.5, 0.6) is 5.88 Å². The summed E-state index contributed by atoms with van der Waals surface area (Å²) in [6.07, 6.45) is 0.634. The second kappa shape index (κ2) is 4.05. The predicted octanol–water partition coefficient (Wildman–Crippen LogP) is 2.22. The Hall–Kier alpha value is -2.10. The van der Waals surface area contributed by atoms with Gasteiger partial charge >= 0.3 is 0 Å². The monoisotopic (exact) mass is 230 g/mol. The minimum absolute atomic E-state index is 0.103. The van der Waals surface area contributed by atoms with Crippen molar-refractivity contribution in [3.05, 3.63) is 34.9 Å². The van der Waals surface area contributed by atoms with Crippen LogP contribution in [0.2, 0.25) is 0 Å². The molecule has 0 fully saturated rings. The number of nitrogens with zero attached hydrogens (tertiary/aromatic N) is 2. The Morgan fingerprint density at radius 1 is 1.24 bits per heavy atom. The number of carbonyl (C=O) groups is 1. The normalized spacial score (nSPS) is 10.5. The smallest absolute Gasteiger partial charge is 0.220 e. The number of aromatic nitrogens is 2. The van der Waals surface area contributed by atoms with Gasteiger partial charge in [-0.05, 0) is 26.0 Å². The highest BCUT2D eigenvalue weighted by atomic mass is 16.3. The third kappa shape index (κ3) is 1.93. The molecule has 4 heteroatoms. The highest BCUT2D eigenvalue weighted by Crippen LogP contribution is 2.28. The molecule has 1 aromatic carbocycles. The van der Waals surface area contributed by atoms with Crippen molar-refractivity contribution in [2.45, 2.75) is 13.8 Å². The molecule has 0 aliphatic heterocycles. The first-order valence-corrected chi connectivity index (χ1v) is 5.32. The Morgan fingerprint density at radius 2 is 1.82 bits per heavy atom. The minimum atomic E-state index is -0.103. The molecule has 0 spiro atoms. The van der Waals surface area contributed by atoms with Gasteiger partial charge in [-0.2, -0.15) is 5.10 Å². The van der Waals surface area contributed by atoms with Crippen LogP contribution in [-0.4, -0.2) is 21.2 Å². The molecule has 0 atom stereocenters. The number of hydrogen-bond donors (Lipinski definition) is 1. The molecule has 2 rings (SSSR count). The quantitative estimate of drug-likeness (QED) is 0.805. The van der Waals surface area contributed by atoms with Gasteiger partial charge in [0, 0.05) is 12.6 Å². The van der Waals surface area contributed by atoms with Gasteiger partial charge in [-0.1, -0.05) is 17.2 Å². The zero-order chi connectivity index (χ0) is 12.6. The van der Waals surface area contributed by atoms with E-state index in [9.17, 15) is 9.90 Å². The third-order valence-corrected chi connectivity index (χ3v) is 2.67. The molecular formula is C13H14N2O2. The summed E-state index contributed by atoms with van der Waals surface area (Å²) >= 11 is 0. The highest BCUT2D eigenvalue weighted by Gasteiger charge is 2.16. The fourth-order valence-electron chi connectivity index (χ4n) is 1.96. The van der Waals surface area contributed by atoms with E-state index in [0.717, 1.165) is 16.7 Å². The lowest BCUT2D eigenvalue weighted by Gasteiger charge is -2.02. The van der Waals surface area contributed by atoms with Gasteiger partial charge in [-0.25, -0.2) is 4.68 Å². The molecule has 0 aliphatic rings. The number of benzene rings is 1. The Morgan fingerprint density at radius 3 is 2.35 bits per heavy atom. The van der Waals surface area contributed by atoms with Crippen LogP contribution in [0, 0.1) is 13.8 Å². The van der Waals surface area contributed by atoms with Crippen molar-refractivity contribution >= 4 is 6.29 Å². The second-order valence-electron chi connectivity index (χ2n) is 4.20. The first-order chi connectivity index (χ1) is 8.02. The van der Waals surface area contributed by atoms with Crippen LogP contribution in [0.3, 0.4) is 0 Å². The minimum Gasteiger partial charge on any atom is -0.493 e. The molecule has 0 bridgehead atoms. The molecule has 1 aromatic heterocycles. The van der Waals surface area contributed by atoms with Gasteiger partial charge in [0.1, 0.15) is 11.3 Å². The van der Waals surface area contributed by atoms with Crippen LogP contribution in [0.1, 0.15) is 21.5 Å². The predicted molar refractivity (Wildman–Crippen MR) is 65.2 cm³/mol. The summed E-state index contributed by atoms with van der Waals surface area (Å²) in [6, 6.07) is 5.94. The molecule has 1 heterocycles. The Kier molecular flexibility index (Phi) is 2.71. The standard InChI is InChI=1S/C13H14N2O2/c1-8-4-9(2)6-10(5-8)12-11(7-16)13(17)15(3)14-12/h4-7,17H,1-3H3. The van der Waals surface area contributed by atoms with Crippen molar-refractivity contribution in [2.75, 3.05) is 0 Å². The van der Waals surface area contributed by atoms with Gasteiger partial charge in [-0.3, -0.25) is 4.79 Å². The fourth-order valence-corrected chi connectivity index (χ4v) is 1.96. The Labute approximate surface area is 99.5 Å². The average Bonchev–Trinajstić information content (AvgIpc) is 2.54. The van der Waals surface area contributed by atoms with E-state index in [1.54, 1.807) is 7.05 Å². The summed E-state index contributed by atoms with van der Waals surface area (Å²) < 4.78 is 1.30. The lowest BCUT2D eigenvalue weighted by molar-refractivity contribution is 0.112. The van der Waals surface area contributed by atoms with E-state index in [1.165, 1.54) is 4.68 Å². The van der Waals surface area contributed by atoms with Crippen LogP contribution >= 0.6 is 0 Å². The molecule has 0 saturated carbocycles. The van der Waals surface area contributed by atoms with E-state index in [0.29, 0.717) is 12.0 Å². The molecule has 0 amide bonds. The number of rotatable bonds is 2. The zero-order valence-electron chi connectivity index (χ0n) is 10.1. The van der Waals surface area contributed by atoms with Crippen molar-refractivity contribution in [3.63, 3.8) is 0 Å². The Bertz CT molecular complexity index is 565. The third-order valence-electron chi connectivity index (χ3n) is 2.67. The SMILES string of the molecule is Cc1cc(C)cc(-c2nn(C)c(O)c2C=O)c1. The van der Waals surface area contributed by atoms with Crippen LogP contribution < -0.4 is 0 Å². The summed E-state index contributed by atoms with van der Waals surface area (Å²) in [6.45, 7) is 3.97. The van der Waals surface area contributed by atoms with E-state index in [2.05, 4.69) is 5.10 Å². The van der Waals surface area contributed by atoms with E-state index in [1.807, 2.05) is 32.0 Å². The van der Waals surface area contributed by atoms with Crippen LogP contribution in [-0.2, 0) is 7.05 Å². The number of carbonyl (C=O) groups excluding carboxylic acids is 1. The Balaban J connectivity index is 2.67. The van der Waals surface area contributed by atoms with Crippen molar-refractivity contribution in [3.8, 4) is 17.1 Å². The van der Waals surface area contributed by atoms with Gasteiger partial charge in [0.25, 0.3) is 0 Å². The van der Waals surface area contributed by atoms with Crippen molar-refractivity contribution < 1.29 is 9.90 Å². The van der Waals surface area contributed by atoms with Gasteiger partial charge < -0.3 is 5.11 Å². The van der Waals surface area contributed by atoms with Crippen LogP contribution in [0.25, 0.3) is 11.3 Å². The highest BCUT2D eigenvalue weighted by molar-refractivity contribution is 5.88. The van der Waals surface area contributed by atoms with Crippen molar-refractivity contribution in [2.24, 2.45) is 7.05 Å². The molecular weight excluding hydrogens is 216 g/mol. The number of aromatic hydroxyl groups is 1. The molecule has 0 unspecified atom stereocenters. The van der Waals surface area contributed by atoms with Crippen molar-refractivity contribution in [1.29, 1.82) is 0 Å². The largest absolute Gasteiger partial charge is 0.493 e. The maximum absolute atomic E-state index is 11.0. The van der Waals surface area contributed by atoms with Gasteiger partial charge in [0.15, 0.2) is 6.29 Å². The summed E-state index contributed by atoms with van der Waals surface area (Å²) in [5.74, 6) is -0.103. The summed E-state index contributed by atoms with van der Waals surface area (Å²) in [5.41, 5.74) is 3.80. The van der Waals surface area contributed by atoms with E-state index in [-0.39, 0.29) is 11.4 Å². The maximum Gasteiger partial charge on any atom is 0.220 e. The summed E-state index contributed by atoms with van der Waals surface area (Å²) in [7, 11) is 1.61. The van der Waals surface area contributed by atoms with E-state index in [4.69, 9.17) is 0 Å². The zero-order valence-corrected chi connectivity index (χ0v) is 10.1. The molecule has 0 aliphatic carbocycles. The van der Waals surface area contributed by atoms with Gasteiger partial charge in [-0.15, -0.1) is 0 Å². The molecule has 88 valence electrons. The number of aryl methyl sites for hydroxylation is 3. The molecule has 2 aromatic rings. The topological polar surface area (TPSA) is 55.1 Å². The van der Waals surface area contributed by atoms with E-state index < -0.39 is 0 Å². The second-order valence-corrected chi connectivity index (χ2v) is 4.20. The first kappa shape index (κ1) is 11.4. The summed E-state index contributed by atoms with van der Waals surface area (Å²) in [5, 5.41) is 13.9. The molecule has 0 saturated heterocycles. The molecule has 1 N–H and O–H groups in total. The van der Waals surface area contributed by atoms with Crippen LogP contribution in [0.15, 0.2) is 18.2 Å². The molecule has 0 radical (unpaired) electrons. The van der Waals surface area contributed by atoms with E-state index >= 15 is 0 Å². The lowest BCUT2D eigenvalue weighted by atomic mass is 10.0. The number of aldehydes is 1. The first-order valence-electron chi connectivity index (χ1n) is 5.32. The fraction of sp³-hybridized carbons (Fsp3) is 0.231. The van der Waals surface area contributed by atoms with Crippen LogP contribution in [0.4, 0.5) is 0 Å². The van der Waals surface area contributed by atoms with Gasteiger partial charge in [0.05, 0.1) is 0 Å². The average molecular weight is 230 g/mol. The summed E-state index contributed by atoms with van der Waals surface area (Å²) in [4.78, 5) is 11.0. The van der Waals surface area contributed by atoms with Crippen molar-refractivity contribution in [1.82, 2.24) is 9.78 Å². The number of hydrogen-bond acceptors (Lipinski definition) is 3. The van der Waals surface area contributed by atoms with Gasteiger partial charge in [0.2, 0.25) is 5.88 Å². The maximum atomic E-state index is 11.0. The molecule has 17 heavy (non-hydrogen) atoms.